The molecule has 4 heterocycles. The van der Waals surface area contributed by atoms with Crippen molar-refractivity contribution in [1.82, 2.24) is 29.2 Å². The second-order valence-corrected chi connectivity index (χ2v) is 10.4. The van der Waals surface area contributed by atoms with E-state index in [0.29, 0.717) is 21.6 Å². The topological polar surface area (TPSA) is 143 Å². The van der Waals surface area contributed by atoms with Crippen LogP contribution < -0.4 is 10.3 Å². The normalized spacial score (nSPS) is 11.9. The predicted molar refractivity (Wildman–Crippen MR) is 133 cm³/mol. The van der Waals surface area contributed by atoms with Crippen LogP contribution in [0.3, 0.4) is 0 Å². The molecule has 4 aromatic heterocycles. The lowest BCUT2D eigenvalue weighted by Gasteiger charge is -2.13. The first-order valence-electron chi connectivity index (χ1n) is 10.5. The number of aromatic nitrogens is 5. The third kappa shape index (κ3) is 4.14. The number of rotatable bonds is 5. The second-order valence-electron chi connectivity index (χ2n) is 8.21. The molecule has 0 aliphatic heterocycles. The van der Waals surface area contributed by atoms with Gasteiger partial charge in [0.25, 0.3) is 11.5 Å². The summed E-state index contributed by atoms with van der Waals surface area (Å²) in [5.41, 5.74) is 1.58. The summed E-state index contributed by atoms with van der Waals surface area (Å²) in [5.74, 6) is -1.65. The fourth-order valence-electron chi connectivity index (χ4n) is 4.11. The smallest absolute Gasteiger partial charge is 0.282 e. The zero-order valence-electron chi connectivity index (χ0n) is 18.9. The lowest BCUT2D eigenvalue weighted by Crippen LogP contribution is -2.32. The zero-order valence-corrected chi connectivity index (χ0v) is 20.5. The van der Waals surface area contributed by atoms with Gasteiger partial charge in [0, 0.05) is 29.4 Å². The Hall–Kier alpha value is -4.03. The molecule has 0 aliphatic rings. The predicted octanol–water partition coefficient (Wildman–Crippen LogP) is 3.11. The van der Waals surface area contributed by atoms with Crippen LogP contribution in [0.2, 0.25) is 5.02 Å². The van der Waals surface area contributed by atoms with Crippen LogP contribution in [0.25, 0.3) is 33.2 Å². The first-order chi connectivity index (χ1) is 17.0. The van der Waals surface area contributed by atoms with Gasteiger partial charge in [0.2, 0.25) is 10.0 Å². The summed E-state index contributed by atoms with van der Waals surface area (Å²) in [6.07, 6.45) is 3.75. The number of pyridine rings is 2. The molecule has 0 fully saturated rings. The molecule has 0 saturated heterocycles. The van der Waals surface area contributed by atoms with Crippen molar-refractivity contribution in [3.05, 3.63) is 81.0 Å². The van der Waals surface area contributed by atoms with Crippen LogP contribution in [0.1, 0.15) is 21.7 Å². The molecule has 0 spiro atoms. The number of H-pyrrole nitrogens is 2. The second kappa shape index (κ2) is 8.57. The number of hydrogen-bond donors (Lipinski definition) is 3. The maximum Gasteiger partial charge on any atom is 0.282 e. The molecule has 1 amide bonds. The Balaban J connectivity index is 1.87. The van der Waals surface area contributed by atoms with Crippen LogP contribution in [-0.4, -0.2) is 45.1 Å². The van der Waals surface area contributed by atoms with Crippen LogP contribution in [0, 0.1) is 12.7 Å². The van der Waals surface area contributed by atoms with Gasteiger partial charge in [0.15, 0.2) is 0 Å². The molecule has 0 saturated carbocycles. The van der Waals surface area contributed by atoms with Crippen molar-refractivity contribution in [1.29, 1.82) is 0 Å². The standard InChI is InChI=1S/C23H18ClFN6O4S/c1-11-15(25)8-18-20(29-11)19(13-4-3-5-26-22(13)32)21(23(33)30-36(2,34)35)31(18)9-12-6-16-17(7-14(12)24)28-10-27-16/h3-8,10H,9H2,1-2H3,(H,26,32)(H,27,28)(H,30,33). The number of nitrogens with one attached hydrogen (secondary N) is 3. The quantitative estimate of drug-likeness (QED) is 0.320. The molecular formula is C23H18ClFN6O4S. The molecule has 1 aromatic carbocycles. The molecule has 0 unspecified atom stereocenters. The summed E-state index contributed by atoms with van der Waals surface area (Å²) in [7, 11) is -3.99. The third-order valence-corrected chi connectivity index (χ3v) is 6.57. The number of carbonyl (C=O) groups excluding carboxylic acids is 1. The maximum absolute atomic E-state index is 14.7. The lowest BCUT2D eigenvalue weighted by molar-refractivity contribution is 0.0974. The summed E-state index contributed by atoms with van der Waals surface area (Å²) < 4.78 is 42.0. The minimum Gasteiger partial charge on any atom is -0.345 e. The van der Waals surface area contributed by atoms with Gasteiger partial charge < -0.3 is 14.5 Å². The molecule has 5 rings (SSSR count). The van der Waals surface area contributed by atoms with Gasteiger partial charge >= 0.3 is 0 Å². The Morgan fingerprint density at radius 1 is 1.25 bits per heavy atom. The molecule has 3 N–H and O–H groups in total. The molecule has 5 aromatic rings. The van der Waals surface area contributed by atoms with Gasteiger partial charge in [-0.2, -0.15) is 0 Å². The average molecular weight is 529 g/mol. The first kappa shape index (κ1) is 23.7. The number of amides is 1. The van der Waals surface area contributed by atoms with E-state index in [-0.39, 0.29) is 40.1 Å². The fraction of sp³-hybridized carbons (Fsp3) is 0.130. The van der Waals surface area contributed by atoms with Crippen LogP contribution in [0.4, 0.5) is 4.39 Å². The van der Waals surface area contributed by atoms with Crippen molar-refractivity contribution in [3.8, 4) is 11.1 Å². The minimum atomic E-state index is -3.99. The van der Waals surface area contributed by atoms with E-state index in [0.717, 1.165) is 6.26 Å². The Morgan fingerprint density at radius 3 is 2.75 bits per heavy atom. The highest BCUT2D eigenvalue weighted by molar-refractivity contribution is 7.89. The number of hydrogen-bond acceptors (Lipinski definition) is 6. The summed E-state index contributed by atoms with van der Waals surface area (Å²) in [5, 5.41) is 0.336. The number of carbonyl (C=O) groups is 1. The van der Waals surface area contributed by atoms with E-state index in [1.807, 2.05) is 4.72 Å². The van der Waals surface area contributed by atoms with Gasteiger partial charge in [-0.25, -0.2) is 27.5 Å². The Morgan fingerprint density at radius 2 is 2.03 bits per heavy atom. The molecule has 13 heteroatoms. The number of fused-ring (bicyclic) bond motifs is 2. The van der Waals surface area contributed by atoms with Crippen molar-refractivity contribution in [2.75, 3.05) is 6.26 Å². The highest BCUT2D eigenvalue weighted by Gasteiger charge is 2.29. The number of nitrogens with zero attached hydrogens (tertiary/aromatic N) is 3. The Labute approximate surface area is 208 Å². The van der Waals surface area contributed by atoms with Gasteiger partial charge in [-0.3, -0.25) is 9.59 Å². The average Bonchev–Trinajstić information content (AvgIpc) is 3.36. The fourth-order valence-corrected chi connectivity index (χ4v) is 4.77. The van der Waals surface area contributed by atoms with E-state index >= 15 is 0 Å². The molecule has 0 radical (unpaired) electrons. The van der Waals surface area contributed by atoms with E-state index in [1.165, 1.54) is 36.1 Å². The molecule has 0 bridgehead atoms. The monoisotopic (exact) mass is 528 g/mol. The lowest BCUT2D eigenvalue weighted by atomic mass is 10.1. The molecule has 0 aliphatic carbocycles. The van der Waals surface area contributed by atoms with Gasteiger partial charge in [-0.05, 0) is 36.8 Å². The largest absolute Gasteiger partial charge is 0.345 e. The maximum atomic E-state index is 14.7. The molecule has 36 heavy (non-hydrogen) atoms. The van der Waals surface area contributed by atoms with E-state index in [2.05, 4.69) is 19.9 Å². The first-order valence-corrected chi connectivity index (χ1v) is 12.8. The number of benzene rings is 1. The van der Waals surface area contributed by atoms with Crippen molar-refractivity contribution >= 4 is 49.6 Å². The highest BCUT2D eigenvalue weighted by atomic mass is 35.5. The van der Waals surface area contributed by atoms with Crippen molar-refractivity contribution < 1.29 is 17.6 Å². The van der Waals surface area contributed by atoms with E-state index in [4.69, 9.17) is 11.6 Å². The number of aromatic amines is 2. The highest BCUT2D eigenvalue weighted by Crippen LogP contribution is 2.35. The summed E-state index contributed by atoms with van der Waals surface area (Å²) in [6, 6.07) is 7.57. The van der Waals surface area contributed by atoms with Crippen molar-refractivity contribution in [2.45, 2.75) is 13.5 Å². The minimum absolute atomic E-state index is 0.0410. The number of imidazole rings is 1. The van der Waals surface area contributed by atoms with Crippen LogP contribution >= 0.6 is 11.6 Å². The summed E-state index contributed by atoms with van der Waals surface area (Å²) in [6.45, 7) is 1.38. The van der Waals surface area contributed by atoms with Crippen molar-refractivity contribution in [3.63, 3.8) is 0 Å². The van der Waals surface area contributed by atoms with Gasteiger partial charge in [0.05, 0.1) is 45.9 Å². The molecule has 10 nitrogen and oxygen atoms in total. The Kier molecular flexibility index (Phi) is 5.64. The van der Waals surface area contributed by atoms with Gasteiger partial charge in [0.1, 0.15) is 11.5 Å². The van der Waals surface area contributed by atoms with Gasteiger partial charge in [-0.15, -0.1) is 0 Å². The molecule has 0 atom stereocenters. The Bertz CT molecular complexity index is 1860. The number of sulfonamides is 1. The SMILES string of the molecule is Cc1nc2c(-c3ccc[nH]c3=O)c(C(=O)NS(C)(=O)=O)n(Cc3cc4nc[nH]c4cc3Cl)c2cc1F. The van der Waals surface area contributed by atoms with Crippen LogP contribution in [-0.2, 0) is 16.6 Å². The van der Waals surface area contributed by atoms with E-state index < -0.39 is 27.3 Å². The van der Waals surface area contributed by atoms with Crippen LogP contribution in [0.15, 0.2) is 47.7 Å². The summed E-state index contributed by atoms with van der Waals surface area (Å²) >= 11 is 6.50. The van der Waals surface area contributed by atoms with E-state index in [1.54, 1.807) is 18.2 Å². The zero-order chi connectivity index (χ0) is 25.8. The molecular weight excluding hydrogens is 511 g/mol. The summed E-state index contributed by atoms with van der Waals surface area (Å²) in [4.78, 5) is 40.2. The molecule has 184 valence electrons. The van der Waals surface area contributed by atoms with E-state index in [9.17, 15) is 22.4 Å². The third-order valence-electron chi connectivity index (χ3n) is 5.66. The van der Waals surface area contributed by atoms with Gasteiger partial charge in [-0.1, -0.05) is 11.6 Å². The number of aryl methyl sites for hydroxylation is 1. The van der Waals surface area contributed by atoms with Crippen LogP contribution in [0.5, 0.6) is 0 Å². The number of halogens is 2. The van der Waals surface area contributed by atoms with Crippen molar-refractivity contribution in [2.24, 2.45) is 0 Å².